The lowest BCUT2D eigenvalue weighted by atomic mass is 9.96. The van der Waals surface area contributed by atoms with Crippen LogP contribution in [0.4, 0.5) is 4.39 Å². The number of nitrogens with zero attached hydrogens (tertiary/aromatic N) is 1. The van der Waals surface area contributed by atoms with Crippen LogP contribution in [0.25, 0.3) is 0 Å². The van der Waals surface area contributed by atoms with Gasteiger partial charge in [0.25, 0.3) is 0 Å². The fraction of sp³-hybridized carbons (Fsp3) is 0.533. The van der Waals surface area contributed by atoms with Gasteiger partial charge in [-0.3, -0.25) is 4.99 Å². The number of sulfonamides is 1. The lowest BCUT2D eigenvalue weighted by Crippen LogP contribution is -2.40. The maximum Gasteiger partial charge on any atom is 0.210 e. The van der Waals surface area contributed by atoms with Gasteiger partial charge in [-0.2, -0.15) is 0 Å². The number of nitrogens with one attached hydrogen (secondary N) is 2. The Bertz CT molecular complexity index is 672. The van der Waals surface area contributed by atoms with Gasteiger partial charge in [0.2, 0.25) is 10.0 Å². The van der Waals surface area contributed by atoms with Crippen LogP contribution >= 0.6 is 0 Å². The normalized spacial score (nSPS) is 16.9. The zero-order valence-electron chi connectivity index (χ0n) is 13.2. The molecule has 23 heavy (non-hydrogen) atoms. The number of benzene rings is 1. The molecule has 1 saturated carbocycles. The van der Waals surface area contributed by atoms with E-state index in [-0.39, 0.29) is 23.5 Å². The van der Waals surface area contributed by atoms with Gasteiger partial charge in [-0.15, -0.1) is 0 Å². The maximum absolute atomic E-state index is 13.4. The Morgan fingerprint density at radius 3 is 2.70 bits per heavy atom. The highest BCUT2D eigenvalue weighted by molar-refractivity contribution is 7.89. The van der Waals surface area contributed by atoms with Gasteiger partial charge in [-0.05, 0) is 37.5 Å². The van der Waals surface area contributed by atoms with Crippen LogP contribution in [-0.2, 0) is 15.4 Å². The van der Waals surface area contributed by atoms with Crippen LogP contribution in [0, 0.1) is 5.82 Å². The van der Waals surface area contributed by atoms with Crippen LogP contribution in [0.2, 0.25) is 0 Å². The maximum atomic E-state index is 13.4. The summed E-state index contributed by atoms with van der Waals surface area (Å²) < 4.78 is 35.3. The largest absolute Gasteiger partial charge is 0.357 e. The van der Waals surface area contributed by atoms with Gasteiger partial charge in [-0.25, -0.2) is 17.9 Å². The second kappa shape index (κ2) is 7.27. The molecule has 1 aromatic carbocycles. The lowest BCUT2D eigenvalue weighted by molar-refractivity contribution is 0.596. The summed E-state index contributed by atoms with van der Waals surface area (Å²) in [7, 11) is -3.50. The van der Waals surface area contributed by atoms with Crippen LogP contribution in [0.1, 0.15) is 25.3 Å². The number of nitrogens with two attached hydrogens (primary N) is 1. The van der Waals surface area contributed by atoms with Crippen molar-refractivity contribution in [1.82, 2.24) is 10.6 Å². The summed E-state index contributed by atoms with van der Waals surface area (Å²) in [6.07, 6.45) is 1.94. The summed E-state index contributed by atoms with van der Waals surface area (Å²) in [5, 5.41) is 11.0. The fourth-order valence-corrected chi connectivity index (χ4v) is 2.78. The molecule has 1 fully saturated rings. The van der Waals surface area contributed by atoms with Gasteiger partial charge in [0, 0.05) is 18.5 Å². The molecule has 0 atom stereocenters. The summed E-state index contributed by atoms with van der Waals surface area (Å²) in [6.45, 7) is 3.31. The van der Waals surface area contributed by atoms with E-state index < -0.39 is 10.0 Å². The smallest absolute Gasteiger partial charge is 0.210 e. The molecule has 1 aliphatic carbocycles. The van der Waals surface area contributed by atoms with Crippen molar-refractivity contribution in [3.8, 4) is 0 Å². The first-order chi connectivity index (χ1) is 10.8. The molecule has 0 bridgehead atoms. The van der Waals surface area contributed by atoms with E-state index in [9.17, 15) is 12.8 Å². The zero-order chi connectivity index (χ0) is 16.9. The molecule has 1 aliphatic rings. The highest BCUT2D eigenvalue weighted by atomic mass is 32.2. The van der Waals surface area contributed by atoms with E-state index in [2.05, 4.69) is 15.6 Å². The zero-order valence-corrected chi connectivity index (χ0v) is 14.0. The van der Waals surface area contributed by atoms with Crippen molar-refractivity contribution >= 4 is 16.0 Å². The first-order valence-electron chi connectivity index (χ1n) is 7.63. The Hall–Kier alpha value is -1.67. The fourth-order valence-electron chi connectivity index (χ4n) is 2.39. The van der Waals surface area contributed by atoms with Gasteiger partial charge in [-0.1, -0.05) is 12.1 Å². The van der Waals surface area contributed by atoms with Gasteiger partial charge in [0.15, 0.2) is 5.96 Å². The minimum atomic E-state index is -3.50. The number of primary sulfonamides is 1. The molecule has 0 saturated heterocycles. The van der Waals surface area contributed by atoms with Crippen molar-refractivity contribution in [3.63, 3.8) is 0 Å². The molecule has 4 N–H and O–H groups in total. The number of guanidine groups is 1. The molecular formula is C15H23FN4O2S. The molecule has 128 valence electrons. The molecule has 0 heterocycles. The van der Waals surface area contributed by atoms with Crippen molar-refractivity contribution in [3.05, 3.63) is 35.6 Å². The molecule has 8 heteroatoms. The van der Waals surface area contributed by atoms with Crippen LogP contribution in [-0.4, -0.2) is 39.8 Å². The SMILES string of the molecule is CCNC(=NCC1(c2cccc(F)c2)CC1)NCCS(N)(=O)=O. The minimum Gasteiger partial charge on any atom is -0.357 e. The van der Waals surface area contributed by atoms with Gasteiger partial charge in [0.05, 0.1) is 12.3 Å². The standard InChI is InChI=1S/C15H23FN4O2S/c1-2-18-14(19-8-9-23(17,21)22)20-11-15(6-7-15)12-4-3-5-13(16)10-12/h3-5,10H,2,6-9,11H2,1H3,(H2,17,21,22)(H2,18,19,20). The van der Waals surface area contributed by atoms with E-state index in [1.807, 2.05) is 13.0 Å². The van der Waals surface area contributed by atoms with Crippen LogP contribution in [0.15, 0.2) is 29.3 Å². The van der Waals surface area contributed by atoms with E-state index in [1.54, 1.807) is 12.1 Å². The topological polar surface area (TPSA) is 96.6 Å². The number of aliphatic imine (C=N–C) groups is 1. The molecule has 0 spiro atoms. The Balaban J connectivity index is 1.99. The Kier molecular flexibility index (Phi) is 5.59. The van der Waals surface area contributed by atoms with Crippen LogP contribution in [0.3, 0.4) is 0 Å². The summed E-state index contributed by atoms with van der Waals surface area (Å²) in [5.74, 6) is 0.140. The number of halogens is 1. The van der Waals surface area contributed by atoms with E-state index >= 15 is 0 Å². The second-order valence-corrected chi connectivity index (χ2v) is 7.51. The van der Waals surface area contributed by atoms with Crippen LogP contribution < -0.4 is 15.8 Å². The van der Waals surface area contributed by atoms with Crippen molar-refractivity contribution in [1.29, 1.82) is 0 Å². The molecule has 0 aromatic heterocycles. The average molecular weight is 342 g/mol. The van der Waals surface area contributed by atoms with Gasteiger partial charge < -0.3 is 10.6 Å². The second-order valence-electron chi connectivity index (χ2n) is 5.78. The lowest BCUT2D eigenvalue weighted by Gasteiger charge is -2.16. The van der Waals surface area contributed by atoms with Crippen LogP contribution in [0.5, 0.6) is 0 Å². The number of hydrogen-bond donors (Lipinski definition) is 3. The quantitative estimate of drug-likeness (QED) is 0.502. The monoisotopic (exact) mass is 342 g/mol. The van der Waals surface area contributed by atoms with Gasteiger partial charge in [0.1, 0.15) is 5.82 Å². The molecule has 0 aliphatic heterocycles. The predicted octanol–water partition coefficient (Wildman–Crippen LogP) is 0.701. The van der Waals surface area contributed by atoms with E-state index in [0.29, 0.717) is 19.0 Å². The Morgan fingerprint density at radius 1 is 1.39 bits per heavy atom. The molecule has 0 amide bonds. The van der Waals surface area contributed by atoms with E-state index in [0.717, 1.165) is 18.4 Å². The van der Waals surface area contributed by atoms with Crippen molar-refractivity contribution in [2.75, 3.05) is 25.4 Å². The third-order valence-electron chi connectivity index (χ3n) is 3.85. The van der Waals surface area contributed by atoms with Gasteiger partial charge >= 0.3 is 0 Å². The third kappa shape index (κ3) is 5.47. The number of rotatable bonds is 7. The summed E-state index contributed by atoms with van der Waals surface area (Å²) in [4.78, 5) is 4.51. The highest BCUT2D eigenvalue weighted by Crippen LogP contribution is 2.48. The summed E-state index contributed by atoms with van der Waals surface area (Å²) in [5.41, 5.74) is 0.853. The first-order valence-corrected chi connectivity index (χ1v) is 9.35. The molecule has 2 rings (SSSR count). The minimum absolute atomic E-state index is 0.107. The number of hydrogen-bond acceptors (Lipinski definition) is 3. The summed E-state index contributed by atoms with van der Waals surface area (Å²) >= 11 is 0. The van der Waals surface area contributed by atoms with Crippen molar-refractivity contribution < 1.29 is 12.8 Å². The Morgan fingerprint density at radius 2 is 2.13 bits per heavy atom. The van der Waals surface area contributed by atoms with Crippen molar-refractivity contribution in [2.45, 2.75) is 25.2 Å². The summed E-state index contributed by atoms with van der Waals surface area (Å²) in [6, 6.07) is 6.63. The third-order valence-corrected chi connectivity index (χ3v) is 4.63. The average Bonchev–Trinajstić information content (AvgIpc) is 3.25. The molecule has 0 unspecified atom stereocenters. The molecular weight excluding hydrogens is 319 g/mol. The molecule has 0 radical (unpaired) electrons. The molecule has 1 aromatic rings. The van der Waals surface area contributed by atoms with E-state index in [4.69, 9.17) is 5.14 Å². The first kappa shape index (κ1) is 17.7. The Labute approximate surface area is 136 Å². The van der Waals surface area contributed by atoms with E-state index in [1.165, 1.54) is 6.07 Å². The highest BCUT2D eigenvalue weighted by Gasteiger charge is 2.44. The van der Waals surface area contributed by atoms with Crippen molar-refractivity contribution in [2.24, 2.45) is 10.1 Å². The molecule has 6 nitrogen and oxygen atoms in total. The predicted molar refractivity (Wildman–Crippen MR) is 89.3 cm³/mol.